The third-order valence-electron chi connectivity index (χ3n) is 3.79. The number of anilines is 1. The monoisotopic (exact) mass is 364 g/mol. The second-order valence-corrected chi connectivity index (χ2v) is 7.45. The van der Waals surface area contributed by atoms with Crippen LogP contribution in [0.5, 0.6) is 5.75 Å². The molecule has 11 heteroatoms. The summed E-state index contributed by atoms with van der Waals surface area (Å²) in [5.74, 6) is -0.347. The number of benzene rings is 1. The Balaban J connectivity index is 1.90. The number of sulfonamides is 1. The highest BCUT2D eigenvalue weighted by molar-refractivity contribution is 7.88. The van der Waals surface area contributed by atoms with Crippen LogP contribution in [0.3, 0.4) is 0 Å². The molecule has 0 atom stereocenters. The van der Waals surface area contributed by atoms with Crippen molar-refractivity contribution in [1.82, 2.24) is 14.5 Å². The molecule has 3 rings (SSSR count). The SMILES string of the molecule is CS(=O)(=O)N1CCN(c2cc(OC(F)(F)F)cc3[nH]ncc23)CC1. The summed E-state index contributed by atoms with van der Waals surface area (Å²) < 4.78 is 65.9. The van der Waals surface area contributed by atoms with E-state index < -0.39 is 16.4 Å². The van der Waals surface area contributed by atoms with E-state index in [1.807, 2.05) is 4.90 Å². The van der Waals surface area contributed by atoms with E-state index in [1.54, 1.807) is 0 Å². The summed E-state index contributed by atoms with van der Waals surface area (Å²) in [6.45, 7) is 1.26. The first-order valence-corrected chi connectivity index (χ1v) is 8.91. The van der Waals surface area contributed by atoms with Crippen LogP contribution in [-0.2, 0) is 10.0 Å². The number of aromatic amines is 1. The normalized spacial score (nSPS) is 17.4. The molecule has 24 heavy (non-hydrogen) atoms. The maximum atomic E-state index is 12.5. The Hall–Kier alpha value is -2.01. The second-order valence-electron chi connectivity index (χ2n) is 5.47. The molecule has 0 unspecified atom stereocenters. The van der Waals surface area contributed by atoms with E-state index in [9.17, 15) is 21.6 Å². The summed E-state index contributed by atoms with van der Waals surface area (Å²) >= 11 is 0. The number of aromatic nitrogens is 2. The Morgan fingerprint density at radius 3 is 2.46 bits per heavy atom. The summed E-state index contributed by atoms with van der Waals surface area (Å²) in [5, 5.41) is 7.13. The van der Waals surface area contributed by atoms with E-state index in [1.165, 1.54) is 22.6 Å². The topological polar surface area (TPSA) is 78.5 Å². The Bertz CT molecular complexity index is 842. The zero-order valence-corrected chi connectivity index (χ0v) is 13.5. The number of hydrogen-bond donors (Lipinski definition) is 1. The quantitative estimate of drug-likeness (QED) is 0.894. The lowest BCUT2D eigenvalue weighted by Gasteiger charge is -2.35. The highest BCUT2D eigenvalue weighted by Gasteiger charge is 2.32. The number of hydrogen-bond acceptors (Lipinski definition) is 5. The molecular weight excluding hydrogens is 349 g/mol. The molecule has 0 bridgehead atoms. The van der Waals surface area contributed by atoms with E-state index in [2.05, 4.69) is 14.9 Å². The van der Waals surface area contributed by atoms with Gasteiger partial charge in [0.15, 0.2) is 0 Å². The summed E-state index contributed by atoms with van der Waals surface area (Å²) in [6.07, 6.45) is -2.14. The number of ether oxygens (including phenoxy) is 1. The van der Waals surface area contributed by atoms with Gasteiger partial charge in [-0.25, -0.2) is 8.42 Å². The Labute approximate surface area is 136 Å². The third-order valence-corrected chi connectivity index (χ3v) is 5.10. The van der Waals surface area contributed by atoms with Crippen molar-refractivity contribution in [3.8, 4) is 5.75 Å². The van der Waals surface area contributed by atoms with Crippen molar-refractivity contribution in [1.29, 1.82) is 0 Å². The predicted octanol–water partition coefficient (Wildman–Crippen LogP) is 1.54. The largest absolute Gasteiger partial charge is 0.573 e. The molecule has 2 aromatic rings. The molecule has 132 valence electrons. The molecule has 0 saturated carbocycles. The molecule has 2 heterocycles. The van der Waals surface area contributed by atoms with E-state index in [0.717, 1.165) is 6.26 Å². The summed E-state index contributed by atoms with van der Waals surface area (Å²) in [4.78, 5) is 1.82. The number of fused-ring (bicyclic) bond motifs is 1. The van der Waals surface area contributed by atoms with Crippen LogP contribution in [0.1, 0.15) is 0 Å². The minimum Gasteiger partial charge on any atom is -0.406 e. The molecular formula is C13H15F3N4O3S. The van der Waals surface area contributed by atoms with Gasteiger partial charge >= 0.3 is 6.36 Å². The summed E-state index contributed by atoms with van der Waals surface area (Å²) in [7, 11) is -3.28. The number of alkyl halides is 3. The lowest BCUT2D eigenvalue weighted by molar-refractivity contribution is -0.274. The maximum absolute atomic E-state index is 12.5. The molecule has 7 nitrogen and oxygen atoms in total. The number of piperazine rings is 1. The van der Waals surface area contributed by atoms with E-state index in [0.29, 0.717) is 29.7 Å². The molecule has 1 aliphatic rings. The van der Waals surface area contributed by atoms with Crippen molar-refractivity contribution in [2.75, 3.05) is 37.3 Å². The Morgan fingerprint density at radius 1 is 1.21 bits per heavy atom. The number of halogens is 3. The molecule has 0 aliphatic carbocycles. The highest BCUT2D eigenvalue weighted by atomic mass is 32.2. The van der Waals surface area contributed by atoms with Gasteiger partial charge in [-0.15, -0.1) is 13.2 Å². The molecule has 1 saturated heterocycles. The van der Waals surface area contributed by atoms with Gasteiger partial charge in [0.2, 0.25) is 10.0 Å². The minimum absolute atomic E-state index is 0.266. The molecule has 1 N–H and O–H groups in total. The first-order valence-electron chi connectivity index (χ1n) is 7.06. The van der Waals surface area contributed by atoms with Crippen LogP contribution >= 0.6 is 0 Å². The lowest BCUT2D eigenvalue weighted by Crippen LogP contribution is -2.48. The van der Waals surface area contributed by atoms with Crippen molar-refractivity contribution in [2.24, 2.45) is 0 Å². The highest BCUT2D eigenvalue weighted by Crippen LogP contribution is 2.34. The summed E-state index contributed by atoms with van der Waals surface area (Å²) in [5.41, 5.74) is 0.936. The molecule has 0 amide bonds. The predicted molar refractivity (Wildman–Crippen MR) is 81.4 cm³/mol. The van der Waals surface area contributed by atoms with Gasteiger partial charge in [-0.1, -0.05) is 0 Å². The van der Waals surface area contributed by atoms with Gasteiger partial charge in [-0.3, -0.25) is 5.10 Å². The zero-order chi connectivity index (χ0) is 17.5. The molecule has 1 aromatic heterocycles. The fourth-order valence-electron chi connectivity index (χ4n) is 2.72. The Morgan fingerprint density at radius 2 is 1.88 bits per heavy atom. The van der Waals surface area contributed by atoms with Crippen LogP contribution < -0.4 is 9.64 Å². The second kappa shape index (κ2) is 5.81. The first kappa shape index (κ1) is 16.8. The van der Waals surface area contributed by atoms with Crippen LogP contribution in [0.25, 0.3) is 10.9 Å². The first-order chi connectivity index (χ1) is 11.1. The van der Waals surface area contributed by atoms with Crippen molar-refractivity contribution < 1.29 is 26.3 Å². The molecule has 1 aromatic carbocycles. The average molecular weight is 364 g/mol. The summed E-state index contributed by atoms with van der Waals surface area (Å²) in [6, 6.07) is 2.52. The van der Waals surface area contributed by atoms with Gasteiger partial charge in [-0.05, 0) is 0 Å². The van der Waals surface area contributed by atoms with Crippen LogP contribution in [-0.4, -0.2) is 61.7 Å². The van der Waals surface area contributed by atoms with E-state index in [4.69, 9.17) is 0 Å². The minimum atomic E-state index is -4.79. The van der Waals surface area contributed by atoms with Crippen molar-refractivity contribution in [2.45, 2.75) is 6.36 Å². The van der Waals surface area contributed by atoms with Gasteiger partial charge in [0.1, 0.15) is 5.75 Å². The van der Waals surface area contributed by atoms with Gasteiger partial charge in [0.25, 0.3) is 0 Å². The van der Waals surface area contributed by atoms with Gasteiger partial charge in [0, 0.05) is 43.7 Å². The van der Waals surface area contributed by atoms with Crippen LogP contribution in [0, 0.1) is 0 Å². The van der Waals surface area contributed by atoms with Crippen molar-refractivity contribution in [3.05, 3.63) is 18.3 Å². The Kier molecular flexibility index (Phi) is 4.08. The smallest absolute Gasteiger partial charge is 0.406 e. The van der Waals surface area contributed by atoms with Crippen molar-refractivity contribution >= 4 is 26.6 Å². The number of rotatable bonds is 3. The fourth-order valence-corrected chi connectivity index (χ4v) is 3.55. The zero-order valence-electron chi connectivity index (χ0n) is 12.7. The van der Waals surface area contributed by atoms with Crippen molar-refractivity contribution in [3.63, 3.8) is 0 Å². The van der Waals surface area contributed by atoms with E-state index in [-0.39, 0.29) is 18.8 Å². The standard InChI is InChI=1S/C13H15F3N4O3S/c1-24(21,22)20-4-2-19(3-5-20)12-7-9(23-13(14,15)16)6-11-10(12)8-17-18-11/h6-8H,2-5H2,1H3,(H,17,18). The van der Waals surface area contributed by atoms with Crippen LogP contribution in [0.2, 0.25) is 0 Å². The lowest BCUT2D eigenvalue weighted by atomic mass is 10.1. The molecule has 0 radical (unpaired) electrons. The van der Waals surface area contributed by atoms with Crippen LogP contribution in [0.15, 0.2) is 18.3 Å². The molecule has 1 aliphatic heterocycles. The number of nitrogens with one attached hydrogen (secondary N) is 1. The fraction of sp³-hybridized carbons (Fsp3) is 0.462. The molecule has 1 fully saturated rings. The van der Waals surface area contributed by atoms with Gasteiger partial charge < -0.3 is 9.64 Å². The maximum Gasteiger partial charge on any atom is 0.573 e. The van der Waals surface area contributed by atoms with Gasteiger partial charge in [-0.2, -0.15) is 9.40 Å². The van der Waals surface area contributed by atoms with E-state index >= 15 is 0 Å². The van der Waals surface area contributed by atoms with Gasteiger partial charge in [0.05, 0.1) is 23.7 Å². The van der Waals surface area contributed by atoms with Crippen LogP contribution in [0.4, 0.5) is 18.9 Å². The molecule has 0 spiro atoms. The number of H-pyrrole nitrogens is 1. The number of nitrogens with zero attached hydrogens (tertiary/aromatic N) is 3. The third kappa shape index (κ3) is 3.56. The average Bonchev–Trinajstić information content (AvgIpc) is 2.92.